The fourth-order valence-electron chi connectivity index (χ4n) is 0.877. The van der Waals surface area contributed by atoms with Crippen molar-refractivity contribution in [3.63, 3.8) is 0 Å². The van der Waals surface area contributed by atoms with E-state index < -0.39 is 0 Å². The van der Waals surface area contributed by atoms with E-state index in [2.05, 4.69) is 6.58 Å². The molecule has 10 heavy (non-hydrogen) atoms. The summed E-state index contributed by atoms with van der Waals surface area (Å²) in [5, 5.41) is 0.472. The summed E-state index contributed by atoms with van der Waals surface area (Å²) in [6.45, 7) is 4.49. The number of likely N-dealkylation sites (tertiary alicyclic amines) is 1. The fourth-order valence-corrected chi connectivity index (χ4v) is 1.02. The van der Waals surface area contributed by atoms with Gasteiger partial charge in [0.05, 0.1) is 6.54 Å². The van der Waals surface area contributed by atoms with Crippen LogP contribution in [0.4, 0.5) is 0 Å². The summed E-state index contributed by atoms with van der Waals surface area (Å²) in [4.78, 5) is 12.4. The smallest absolute Gasteiger partial charge is 0.241 e. The van der Waals surface area contributed by atoms with E-state index >= 15 is 0 Å². The van der Waals surface area contributed by atoms with Gasteiger partial charge in [0.2, 0.25) is 5.91 Å². The van der Waals surface area contributed by atoms with Gasteiger partial charge in [-0.2, -0.15) is 0 Å². The molecule has 4 heteroatoms. The number of halogens is 1. The van der Waals surface area contributed by atoms with Crippen LogP contribution in [0.25, 0.3) is 0 Å². The summed E-state index contributed by atoms with van der Waals surface area (Å²) in [6.07, 6.45) is 0. The maximum absolute atomic E-state index is 10.8. The predicted octanol–water partition coefficient (Wildman–Crippen LogP) is -0.0916. The van der Waals surface area contributed by atoms with E-state index in [9.17, 15) is 4.79 Å². The van der Waals surface area contributed by atoms with Gasteiger partial charge >= 0.3 is 0 Å². The first-order valence-corrected chi connectivity index (χ1v) is 3.36. The number of hydrogen-bond donors (Lipinski definition) is 1. The molecular weight excluding hydrogens is 152 g/mol. The van der Waals surface area contributed by atoms with E-state index in [1.54, 1.807) is 4.90 Å². The van der Waals surface area contributed by atoms with Crippen molar-refractivity contribution in [1.29, 1.82) is 0 Å². The number of amides is 1. The molecule has 1 fully saturated rings. The zero-order valence-electron chi connectivity index (χ0n) is 5.51. The van der Waals surface area contributed by atoms with Crippen LogP contribution < -0.4 is 5.73 Å². The van der Waals surface area contributed by atoms with Gasteiger partial charge < -0.3 is 10.6 Å². The first kappa shape index (κ1) is 7.57. The molecule has 0 aliphatic carbocycles. The van der Waals surface area contributed by atoms with E-state index in [1.165, 1.54) is 0 Å². The summed E-state index contributed by atoms with van der Waals surface area (Å²) in [5.41, 5.74) is 5.32. The Morgan fingerprint density at radius 3 is 2.90 bits per heavy atom. The Labute approximate surface area is 64.4 Å². The molecule has 0 aromatic carbocycles. The van der Waals surface area contributed by atoms with Crippen LogP contribution in [-0.4, -0.2) is 29.9 Å². The van der Waals surface area contributed by atoms with Crippen LogP contribution in [0.1, 0.15) is 0 Å². The lowest BCUT2D eigenvalue weighted by Gasteiger charge is -2.35. The molecule has 3 nitrogen and oxygen atoms in total. The Bertz CT molecular complexity index is 181. The van der Waals surface area contributed by atoms with E-state index in [-0.39, 0.29) is 11.9 Å². The second-order valence-corrected chi connectivity index (χ2v) is 2.88. The number of β-lactam (4-membered cyclic amide) rings is 1. The second kappa shape index (κ2) is 2.60. The van der Waals surface area contributed by atoms with E-state index in [1.807, 2.05) is 0 Å². The Morgan fingerprint density at radius 1 is 2.00 bits per heavy atom. The molecule has 2 N–H and O–H groups in total. The Balaban J connectivity index is 2.34. The van der Waals surface area contributed by atoms with Gasteiger partial charge in [-0.3, -0.25) is 4.79 Å². The Kier molecular flexibility index (Phi) is 1.97. The lowest BCUT2D eigenvalue weighted by Crippen LogP contribution is -2.60. The summed E-state index contributed by atoms with van der Waals surface area (Å²) < 4.78 is 0. The summed E-state index contributed by atoms with van der Waals surface area (Å²) in [7, 11) is 0. The third kappa shape index (κ3) is 1.30. The van der Waals surface area contributed by atoms with Crippen molar-refractivity contribution < 1.29 is 4.79 Å². The Hall–Kier alpha value is -0.540. The first-order valence-electron chi connectivity index (χ1n) is 2.99. The van der Waals surface area contributed by atoms with E-state index in [0.29, 0.717) is 18.1 Å². The minimum Gasteiger partial charge on any atom is -0.334 e. The molecule has 1 atom stereocenters. The van der Waals surface area contributed by atoms with Crippen LogP contribution in [0, 0.1) is 0 Å². The average molecular weight is 161 g/mol. The highest BCUT2D eigenvalue weighted by Gasteiger charge is 2.32. The van der Waals surface area contributed by atoms with Gasteiger partial charge in [-0.25, -0.2) is 0 Å². The largest absolute Gasteiger partial charge is 0.334 e. The predicted molar refractivity (Wildman–Crippen MR) is 39.5 cm³/mol. The average Bonchev–Trinajstić information content (AvgIpc) is 1.86. The number of nitrogens with zero attached hydrogens (tertiary/aromatic N) is 1. The van der Waals surface area contributed by atoms with Gasteiger partial charge in [-0.1, -0.05) is 18.2 Å². The molecule has 1 aliphatic heterocycles. The monoisotopic (exact) mass is 160 g/mol. The van der Waals surface area contributed by atoms with Gasteiger partial charge in [0.25, 0.3) is 0 Å². The molecule has 0 aromatic rings. The number of carbonyl (C=O) groups excluding carboxylic acids is 1. The van der Waals surface area contributed by atoms with Crippen LogP contribution >= 0.6 is 11.6 Å². The molecule has 0 aromatic heterocycles. The highest BCUT2D eigenvalue weighted by Crippen LogP contribution is 2.11. The summed E-state index contributed by atoms with van der Waals surface area (Å²) in [6, 6.07) is -0.309. The van der Waals surface area contributed by atoms with E-state index in [0.717, 1.165) is 0 Å². The lowest BCUT2D eigenvalue weighted by molar-refractivity contribution is -0.141. The third-order valence-electron chi connectivity index (χ3n) is 1.41. The molecule has 0 saturated carbocycles. The van der Waals surface area contributed by atoms with Crippen LogP contribution in [0.3, 0.4) is 0 Å². The van der Waals surface area contributed by atoms with Crippen LogP contribution in [-0.2, 0) is 4.79 Å². The zero-order chi connectivity index (χ0) is 7.72. The van der Waals surface area contributed by atoms with Crippen molar-refractivity contribution >= 4 is 17.5 Å². The molecule has 1 unspecified atom stereocenters. The van der Waals surface area contributed by atoms with Crippen molar-refractivity contribution in [1.82, 2.24) is 4.90 Å². The highest BCUT2D eigenvalue weighted by molar-refractivity contribution is 6.29. The second-order valence-electron chi connectivity index (χ2n) is 2.34. The number of hydrogen-bond acceptors (Lipinski definition) is 2. The topological polar surface area (TPSA) is 46.3 Å². The molecule has 0 spiro atoms. The van der Waals surface area contributed by atoms with Gasteiger partial charge in [-0.05, 0) is 0 Å². The minimum atomic E-state index is -0.309. The molecule has 1 heterocycles. The molecule has 0 bridgehead atoms. The highest BCUT2D eigenvalue weighted by atomic mass is 35.5. The van der Waals surface area contributed by atoms with Crippen molar-refractivity contribution in [2.45, 2.75) is 6.04 Å². The standard InChI is InChI=1S/C6H9ClN2O/c1-4(7)2-9-3-5(8)6(9)10/h5H,1-3,8H2. The van der Waals surface area contributed by atoms with Crippen LogP contribution in [0.15, 0.2) is 11.6 Å². The van der Waals surface area contributed by atoms with Gasteiger partial charge in [0.15, 0.2) is 0 Å². The molecule has 56 valence electrons. The van der Waals surface area contributed by atoms with E-state index in [4.69, 9.17) is 17.3 Å². The third-order valence-corrected chi connectivity index (χ3v) is 1.53. The maximum Gasteiger partial charge on any atom is 0.241 e. The van der Waals surface area contributed by atoms with Crippen molar-refractivity contribution in [2.75, 3.05) is 13.1 Å². The minimum absolute atomic E-state index is 0.0400. The van der Waals surface area contributed by atoms with Crippen LogP contribution in [0.5, 0.6) is 0 Å². The molecule has 1 aliphatic rings. The number of carbonyl (C=O) groups is 1. The SMILES string of the molecule is C=C(Cl)CN1CC(N)C1=O. The summed E-state index contributed by atoms with van der Waals surface area (Å²) in [5.74, 6) is -0.0400. The molecule has 1 rings (SSSR count). The first-order chi connectivity index (χ1) is 4.61. The molecule has 1 amide bonds. The van der Waals surface area contributed by atoms with Crippen molar-refractivity contribution in [2.24, 2.45) is 5.73 Å². The molecule has 0 radical (unpaired) electrons. The maximum atomic E-state index is 10.8. The van der Waals surface area contributed by atoms with Crippen molar-refractivity contribution in [3.8, 4) is 0 Å². The summed E-state index contributed by atoms with van der Waals surface area (Å²) >= 11 is 5.47. The van der Waals surface area contributed by atoms with Gasteiger partial charge in [0.1, 0.15) is 6.04 Å². The zero-order valence-corrected chi connectivity index (χ0v) is 6.27. The van der Waals surface area contributed by atoms with Crippen LogP contribution in [0.2, 0.25) is 0 Å². The molecule has 1 saturated heterocycles. The van der Waals surface area contributed by atoms with Gasteiger partial charge in [-0.15, -0.1) is 0 Å². The number of nitrogens with two attached hydrogens (primary N) is 1. The quantitative estimate of drug-likeness (QED) is 0.574. The number of rotatable bonds is 2. The molecular formula is C6H9ClN2O. The fraction of sp³-hybridized carbons (Fsp3) is 0.500. The van der Waals surface area contributed by atoms with Crippen molar-refractivity contribution in [3.05, 3.63) is 11.6 Å². The Morgan fingerprint density at radius 2 is 2.60 bits per heavy atom. The lowest BCUT2D eigenvalue weighted by atomic mass is 10.1. The van der Waals surface area contributed by atoms with Gasteiger partial charge in [0, 0.05) is 11.6 Å². The normalized spacial score (nSPS) is 24.4.